The molecule has 30 heavy (non-hydrogen) atoms. The van der Waals surface area contributed by atoms with Gasteiger partial charge in [-0.05, 0) is 6.42 Å². The zero-order valence-corrected chi connectivity index (χ0v) is 16.9. The van der Waals surface area contributed by atoms with Crippen LogP contribution in [0.15, 0.2) is 0 Å². The van der Waals surface area contributed by atoms with Gasteiger partial charge in [0.05, 0.1) is 6.61 Å². The van der Waals surface area contributed by atoms with Gasteiger partial charge in [-0.25, -0.2) is 4.79 Å². The van der Waals surface area contributed by atoms with E-state index in [4.69, 9.17) is 9.84 Å². The second-order valence-electron chi connectivity index (χ2n) is 7.23. The number of ether oxygens (including phenoxy) is 1. The summed E-state index contributed by atoms with van der Waals surface area (Å²) < 4.78 is 5.07. The Morgan fingerprint density at radius 2 is 1.13 bits per heavy atom. The Bertz CT molecular complexity index is 464. The summed E-state index contributed by atoms with van der Waals surface area (Å²) in [5.41, 5.74) is 0. The number of rotatable bonds is 17. The largest absolute Gasteiger partial charge is 0.479 e. The minimum Gasteiger partial charge on any atom is -0.479 e. The molecule has 10 N–H and O–H groups in total. The third-order valence-electron chi connectivity index (χ3n) is 4.78. The summed E-state index contributed by atoms with van der Waals surface area (Å²) in [6.45, 7) is 1.02. The van der Waals surface area contributed by atoms with Crippen LogP contribution in [0.4, 0.5) is 0 Å². The number of carboxylic acids is 1. The normalized spacial score (nSPS) is 21.1. The maximum Gasteiger partial charge on any atom is 0.335 e. The average molecular weight is 444 g/mol. The molecule has 0 aliphatic rings. The summed E-state index contributed by atoms with van der Waals surface area (Å²) >= 11 is 0. The maximum absolute atomic E-state index is 11.3. The molecule has 12 nitrogen and oxygen atoms in total. The van der Waals surface area contributed by atoms with E-state index in [1.165, 1.54) is 0 Å². The lowest BCUT2D eigenvalue weighted by Gasteiger charge is -2.34. The first-order chi connectivity index (χ1) is 14.0. The summed E-state index contributed by atoms with van der Waals surface area (Å²) in [6, 6.07) is 0. The molecule has 0 saturated heterocycles. The molecule has 9 atom stereocenters. The van der Waals surface area contributed by atoms with E-state index in [0.717, 1.165) is 25.7 Å². The van der Waals surface area contributed by atoms with Crippen molar-refractivity contribution in [2.24, 2.45) is 0 Å². The van der Waals surface area contributed by atoms with Crippen molar-refractivity contribution in [1.29, 1.82) is 0 Å². The Morgan fingerprint density at radius 3 is 1.57 bits per heavy atom. The minimum absolute atomic E-state index is 0.0321. The van der Waals surface area contributed by atoms with Crippen molar-refractivity contribution in [1.82, 2.24) is 0 Å². The van der Waals surface area contributed by atoms with Crippen LogP contribution in [0.1, 0.15) is 39.0 Å². The van der Waals surface area contributed by atoms with Crippen molar-refractivity contribution in [3.63, 3.8) is 0 Å². The molecule has 0 rings (SSSR count). The zero-order chi connectivity index (χ0) is 23.4. The summed E-state index contributed by atoms with van der Waals surface area (Å²) in [7, 11) is 0. The standard InChI is InChI=1S/C18H36O12/c1-2-3-4-5-6-7-30-17(18(28)29)16(27)15(26)14(25)13(24)12(23)11(22)10(21)9(20)8-19/h9-17,19-27H,2-8H2,1H3,(H,28,29). The number of carboxylic acid groups (broad SMARTS) is 1. The molecule has 0 radical (unpaired) electrons. The summed E-state index contributed by atoms with van der Waals surface area (Å²) in [5.74, 6) is -1.63. The monoisotopic (exact) mass is 444 g/mol. The number of aliphatic hydroxyl groups is 9. The Hall–Kier alpha value is -0.930. The topological polar surface area (TPSA) is 229 Å². The molecule has 0 aromatic heterocycles. The lowest BCUT2D eigenvalue weighted by atomic mass is 9.91. The van der Waals surface area contributed by atoms with Crippen LogP contribution in [-0.4, -0.2) is 125 Å². The van der Waals surface area contributed by atoms with Gasteiger partial charge in [-0.3, -0.25) is 0 Å². The van der Waals surface area contributed by atoms with Crippen LogP contribution in [0.3, 0.4) is 0 Å². The molecule has 0 bridgehead atoms. The molecule has 0 aromatic carbocycles. The maximum atomic E-state index is 11.3. The molecule has 0 amide bonds. The van der Waals surface area contributed by atoms with Crippen molar-refractivity contribution in [2.45, 2.75) is 94.0 Å². The lowest BCUT2D eigenvalue weighted by molar-refractivity contribution is -0.195. The molecule has 12 heteroatoms. The first-order valence-corrected chi connectivity index (χ1v) is 9.90. The predicted molar refractivity (Wildman–Crippen MR) is 101 cm³/mol. The molecule has 0 fully saturated rings. The highest BCUT2D eigenvalue weighted by molar-refractivity contribution is 5.73. The lowest BCUT2D eigenvalue weighted by Crippen LogP contribution is -2.58. The number of carbonyl (C=O) groups is 1. The van der Waals surface area contributed by atoms with Gasteiger partial charge in [-0.1, -0.05) is 32.6 Å². The van der Waals surface area contributed by atoms with Crippen LogP contribution in [0, 0.1) is 0 Å². The van der Waals surface area contributed by atoms with E-state index in [1.54, 1.807) is 0 Å². The molecular weight excluding hydrogens is 408 g/mol. The second kappa shape index (κ2) is 15.0. The highest BCUT2D eigenvalue weighted by Gasteiger charge is 2.43. The first kappa shape index (κ1) is 29.1. The highest BCUT2D eigenvalue weighted by Crippen LogP contribution is 2.17. The van der Waals surface area contributed by atoms with Crippen molar-refractivity contribution < 1.29 is 60.6 Å². The van der Waals surface area contributed by atoms with Gasteiger partial charge >= 0.3 is 5.97 Å². The third-order valence-corrected chi connectivity index (χ3v) is 4.78. The number of unbranched alkanes of at least 4 members (excludes halogenated alkanes) is 4. The van der Waals surface area contributed by atoms with Crippen molar-refractivity contribution in [3.8, 4) is 0 Å². The van der Waals surface area contributed by atoms with Gasteiger partial charge in [-0.2, -0.15) is 0 Å². The first-order valence-electron chi connectivity index (χ1n) is 9.90. The van der Waals surface area contributed by atoms with Gasteiger partial charge in [0.15, 0.2) is 6.10 Å². The fourth-order valence-electron chi connectivity index (χ4n) is 2.76. The number of hydrogen-bond acceptors (Lipinski definition) is 11. The fourth-order valence-corrected chi connectivity index (χ4v) is 2.76. The molecule has 0 aliphatic carbocycles. The third kappa shape index (κ3) is 9.06. The summed E-state index contributed by atoms with van der Waals surface area (Å²) in [5, 5.41) is 96.3. The number of aliphatic hydroxyl groups excluding tert-OH is 9. The van der Waals surface area contributed by atoms with Gasteiger partial charge in [-0.15, -0.1) is 0 Å². The quantitative estimate of drug-likeness (QED) is 0.0978. The van der Waals surface area contributed by atoms with Crippen molar-refractivity contribution in [2.75, 3.05) is 13.2 Å². The molecule has 0 aromatic rings. The van der Waals surface area contributed by atoms with E-state index < -0.39 is 67.5 Å². The van der Waals surface area contributed by atoms with Gasteiger partial charge in [0, 0.05) is 6.61 Å². The molecule has 0 aliphatic heterocycles. The molecule has 0 heterocycles. The Kier molecular flexibility index (Phi) is 14.5. The number of hydrogen-bond donors (Lipinski definition) is 10. The van der Waals surface area contributed by atoms with Crippen LogP contribution >= 0.6 is 0 Å². The van der Waals surface area contributed by atoms with Gasteiger partial charge < -0.3 is 55.8 Å². The van der Waals surface area contributed by atoms with E-state index in [1.807, 2.05) is 6.92 Å². The van der Waals surface area contributed by atoms with E-state index in [9.17, 15) is 50.8 Å². The SMILES string of the molecule is CCCCCCCOC(C(=O)O)C(O)C(O)C(O)C(O)C(O)C(O)C(O)C(O)CO. The molecule has 0 spiro atoms. The van der Waals surface area contributed by atoms with E-state index in [-0.39, 0.29) is 6.61 Å². The van der Waals surface area contributed by atoms with Crippen molar-refractivity contribution >= 4 is 5.97 Å². The average Bonchev–Trinajstić information content (AvgIpc) is 2.73. The van der Waals surface area contributed by atoms with Crippen LogP contribution in [0.2, 0.25) is 0 Å². The second-order valence-corrected chi connectivity index (χ2v) is 7.23. The Labute approximate surface area is 174 Å². The summed E-state index contributed by atoms with van der Waals surface area (Å²) in [4.78, 5) is 11.3. The molecular formula is C18H36O12. The Balaban J connectivity index is 4.91. The molecule has 180 valence electrons. The van der Waals surface area contributed by atoms with E-state index in [2.05, 4.69) is 0 Å². The molecule has 9 unspecified atom stereocenters. The van der Waals surface area contributed by atoms with Crippen LogP contribution in [0.25, 0.3) is 0 Å². The minimum atomic E-state index is -2.35. The van der Waals surface area contributed by atoms with E-state index >= 15 is 0 Å². The summed E-state index contributed by atoms with van der Waals surface area (Å²) in [6.07, 6.45) is -15.4. The number of aliphatic carboxylic acids is 1. The smallest absolute Gasteiger partial charge is 0.335 e. The van der Waals surface area contributed by atoms with Gasteiger partial charge in [0.25, 0.3) is 0 Å². The Morgan fingerprint density at radius 1 is 0.700 bits per heavy atom. The predicted octanol–water partition coefficient (Wildman–Crippen LogP) is -3.69. The van der Waals surface area contributed by atoms with E-state index in [0.29, 0.717) is 6.42 Å². The van der Waals surface area contributed by atoms with Crippen molar-refractivity contribution in [3.05, 3.63) is 0 Å². The molecule has 0 saturated carbocycles. The zero-order valence-electron chi connectivity index (χ0n) is 16.9. The van der Waals surface area contributed by atoms with Crippen LogP contribution < -0.4 is 0 Å². The highest BCUT2D eigenvalue weighted by atomic mass is 16.5. The van der Waals surface area contributed by atoms with Gasteiger partial charge in [0.2, 0.25) is 0 Å². The van der Waals surface area contributed by atoms with Gasteiger partial charge in [0.1, 0.15) is 48.8 Å². The van der Waals surface area contributed by atoms with Crippen LogP contribution in [0.5, 0.6) is 0 Å². The van der Waals surface area contributed by atoms with Crippen LogP contribution in [-0.2, 0) is 9.53 Å². The fraction of sp³-hybridized carbons (Fsp3) is 0.944.